The van der Waals surface area contributed by atoms with E-state index < -0.39 is 20.8 Å². The van der Waals surface area contributed by atoms with Crippen LogP contribution in [0.4, 0.5) is 0 Å². The molecule has 0 spiro atoms. The van der Waals surface area contributed by atoms with Crippen molar-refractivity contribution in [3.8, 4) is 0 Å². The average molecular weight is 561 g/mol. The van der Waals surface area contributed by atoms with Crippen molar-refractivity contribution in [3.63, 3.8) is 0 Å². The first-order valence-electron chi connectivity index (χ1n) is 10.6. The molecule has 0 unspecified atom stereocenters. The molecule has 0 aliphatic rings. The van der Waals surface area contributed by atoms with E-state index in [1.54, 1.807) is 11.3 Å². The van der Waals surface area contributed by atoms with Gasteiger partial charge in [0.1, 0.15) is 0 Å². The van der Waals surface area contributed by atoms with Crippen molar-refractivity contribution >= 4 is 43.5 Å². The third kappa shape index (κ3) is 15.1. The smallest absolute Gasteiger partial charge is 0.396 e. The van der Waals surface area contributed by atoms with Crippen LogP contribution in [0.3, 0.4) is 0 Å². The molecule has 14 heteroatoms. The summed E-state index contributed by atoms with van der Waals surface area (Å²) in [6.45, 7) is 0.296. The number of rotatable bonds is 16. The fourth-order valence-corrected chi connectivity index (χ4v) is 5.50. The molecule has 2 aromatic rings. The van der Waals surface area contributed by atoms with Gasteiger partial charge < -0.3 is 10.2 Å². The second-order valence-electron chi connectivity index (χ2n) is 7.21. The Morgan fingerprint density at radius 1 is 0.588 bits per heavy atom. The summed E-state index contributed by atoms with van der Waals surface area (Å²) in [6, 6.07) is 0. The molecular weight excluding hydrogens is 528 g/mol. The lowest BCUT2D eigenvalue weighted by atomic mass is 10.1. The van der Waals surface area contributed by atoms with Crippen LogP contribution in [0.5, 0.6) is 0 Å². The Morgan fingerprint density at radius 3 is 1.15 bits per heavy atom. The number of hydrogen-bond donors (Lipinski definition) is 4. The summed E-state index contributed by atoms with van der Waals surface area (Å²) < 4.78 is 66.7. The fourth-order valence-electron chi connectivity index (χ4n) is 2.97. The van der Waals surface area contributed by atoms with E-state index in [0.717, 1.165) is 36.8 Å². The summed E-state index contributed by atoms with van der Waals surface area (Å²) in [5, 5.41) is 25.5. The highest BCUT2D eigenvalue weighted by atomic mass is 32.3. The molecule has 0 aliphatic carbocycles. The van der Waals surface area contributed by atoms with Crippen LogP contribution in [0.2, 0.25) is 0 Å². The van der Waals surface area contributed by atoms with Crippen molar-refractivity contribution in [2.24, 2.45) is 0 Å². The standard InChI is InChI=1S/C10H16O8S3.C10H16O2S/c11-20(12,13)17-5-1-3-9-7-19-8-10(9)4-2-6-18-21(14,15)16;11-5-1-3-9-7-13-8-10(9)4-2-6-12/h7-8H,1-6H2,(H,11,12,13)(H,14,15,16);7-8,11-12H,1-6H2. The van der Waals surface area contributed by atoms with Gasteiger partial charge in [-0.2, -0.15) is 39.5 Å². The molecule has 0 fully saturated rings. The zero-order chi connectivity index (χ0) is 25.5. The highest BCUT2D eigenvalue weighted by Gasteiger charge is 2.08. The molecule has 4 N–H and O–H groups in total. The zero-order valence-electron chi connectivity index (χ0n) is 18.7. The molecule has 10 nitrogen and oxygen atoms in total. The molecule has 34 heavy (non-hydrogen) atoms. The Balaban J connectivity index is 0.000000380. The first-order valence-corrected chi connectivity index (χ1v) is 15.2. The molecule has 0 radical (unpaired) electrons. The summed E-state index contributed by atoms with van der Waals surface area (Å²) in [6.07, 6.45) is 5.59. The van der Waals surface area contributed by atoms with Crippen molar-refractivity contribution < 1.29 is 44.5 Å². The van der Waals surface area contributed by atoms with Crippen molar-refractivity contribution in [1.82, 2.24) is 0 Å². The van der Waals surface area contributed by atoms with E-state index in [-0.39, 0.29) is 26.4 Å². The average Bonchev–Trinajstić information content (AvgIpc) is 3.39. The van der Waals surface area contributed by atoms with Crippen LogP contribution in [-0.2, 0) is 54.8 Å². The van der Waals surface area contributed by atoms with Gasteiger partial charge in [-0.25, -0.2) is 8.37 Å². The molecule has 0 aromatic carbocycles. The van der Waals surface area contributed by atoms with Gasteiger partial charge in [-0.1, -0.05) is 0 Å². The summed E-state index contributed by atoms with van der Waals surface area (Å²) >= 11 is 3.18. The van der Waals surface area contributed by atoms with Gasteiger partial charge >= 0.3 is 20.8 Å². The Morgan fingerprint density at radius 2 is 0.882 bits per heavy atom. The summed E-state index contributed by atoms with van der Waals surface area (Å²) in [5.41, 5.74) is 4.69. The fraction of sp³-hybridized carbons (Fsp3) is 0.600. The predicted octanol–water partition coefficient (Wildman–Crippen LogP) is 2.85. The number of thiophene rings is 2. The van der Waals surface area contributed by atoms with Crippen LogP contribution < -0.4 is 0 Å². The Labute approximate surface area is 209 Å². The maximum Gasteiger partial charge on any atom is 0.397 e. The van der Waals surface area contributed by atoms with Gasteiger partial charge in [-0.15, -0.1) is 0 Å². The summed E-state index contributed by atoms with van der Waals surface area (Å²) in [4.78, 5) is 0. The maximum absolute atomic E-state index is 10.4. The minimum Gasteiger partial charge on any atom is -0.396 e. The molecule has 196 valence electrons. The Hall–Kier alpha value is -0.940. The molecule has 0 amide bonds. The number of aryl methyl sites for hydroxylation is 4. The SMILES string of the molecule is O=S(=O)(O)OCCCc1cscc1CCCOS(=O)(=O)O.OCCCc1cscc1CCCO. The Bertz CT molecular complexity index is 935. The van der Waals surface area contributed by atoms with Crippen LogP contribution in [0.1, 0.15) is 47.9 Å². The molecule has 0 bridgehead atoms. The first kappa shape index (κ1) is 31.1. The number of aliphatic hydroxyl groups excluding tert-OH is 2. The normalized spacial score (nSPS) is 11.9. The van der Waals surface area contributed by atoms with Crippen LogP contribution in [0.15, 0.2) is 21.5 Å². The quantitative estimate of drug-likeness (QED) is 0.177. The van der Waals surface area contributed by atoms with Gasteiger partial charge in [0.25, 0.3) is 0 Å². The molecule has 2 rings (SSSR count). The van der Waals surface area contributed by atoms with Crippen molar-refractivity contribution in [3.05, 3.63) is 43.8 Å². The lowest BCUT2D eigenvalue weighted by Gasteiger charge is -2.04. The first-order chi connectivity index (χ1) is 16.1. The third-order valence-electron chi connectivity index (χ3n) is 4.52. The number of hydrogen-bond acceptors (Lipinski definition) is 10. The Kier molecular flexibility index (Phi) is 15.3. The van der Waals surface area contributed by atoms with Gasteiger partial charge in [0.05, 0.1) is 13.2 Å². The summed E-state index contributed by atoms with van der Waals surface area (Å²) in [5.74, 6) is 0. The van der Waals surface area contributed by atoms with Crippen LogP contribution in [0.25, 0.3) is 0 Å². The lowest BCUT2D eigenvalue weighted by molar-refractivity contribution is 0.262. The highest BCUT2D eigenvalue weighted by molar-refractivity contribution is 7.81. The zero-order valence-corrected chi connectivity index (χ0v) is 21.9. The number of aliphatic hydroxyl groups is 2. The summed E-state index contributed by atoms with van der Waals surface area (Å²) in [7, 11) is -8.80. The van der Waals surface area contributed by atoms with E-state index in [2.05, 4.69) is 19.1 Å². The van der Waals surface area contributed by atoms with E-state index >= 15 is 0 Å². The second-order valence-corrected chi connectivity index (χ2v) is 10.9. The molecule has 0 saturated heterocycles. The monoisotopic (exact) mass is 560 g/mol. The van der Waals surface area contributed by atoms with Crippen LogP contribution >= 0.6 is 22.7 Å². The topological polar surface area (TPSA) is 168 Å². The molecule has 2 aromatic heterocycles. The van der Waals surface area contributed by atoms with Crippen LogP contribution in [-0.4, -0.2) is 62.6 Å². The maximum atomic E-state index is 10.4. The largest absolute Gasteiger partial charge is 0.397 e. The van der Waals surface area contributed by atoms with Gasteiger partial charge in [-0.05, 0) is 95.1 Å². The highest BCUT2D eigenvalue weighted by Crippen LogP contribution is 2.19. The van der Waals surface area contributed by atoms with Gasteiger partial charge in [0, 0.05) is 13.2 Å². The van der Waals surface area contributed by atoms with Gasteiger partial charge in [0.2, 0.25) is 0 Å². The minimum absolute atomic E-state index is 0.111. The van der Waals surface area contributed by atoms with Crippen molar-refractivity contribution in [1.29, 1.82) is 0 Å². The van der Waals surface area contributed by atoms with E-state index in [1.165, 1.54) is 22.5 Å². The molecule has 0 saturated carbocycles. The molecule has 0 aliphatic heterocycles. The van der Waals surface area contributed by atoms with Gasteiger partial charge in [-0.3, -0.25) is 9.11 Å². The lowest BCUT2D eigenvalue weighted by Crippen LogP contribution is -2.07. The third-order valence-corrected chi connectivity index (χ3v) is 7.13. The van der Waals surface area contributed by atoms with Gasteiger partial charge in [0.15, 0.2) is 0 Å². The van der Waals surface area contributed by atoms with Crippen LogP contribution in [0, 0.1) is 0 Å². The second kappa shape index (κ2) is 16.7. The van der Waals surface area contributed by atoms with Crippen molar-refractivity contribution in [2.45, 2.75) is 51.4 Å². The molecular formula is C20H32O10S4. The van der Waals surface area contributed by atoms with E-state index in [4.69, 9.17) is 19.3 Å². The van der Waals surface area contributed by atoms with E-state index in [1.807, 2.05) is 10.8 Å². The molecule has 0 atom stereocenters. The minimum atomic E-state index is -4.40. The van der Waals surface area contributed by atoms with E-state index in [0.29, 0.717) is 25.7 Å². The molecule has 2 heterocycles. The predicted molar refractivity (Wildman–Crippen MR) is 131 cm³/mol. The van der Waals surface area contributed by atoms with E-state index in [9.17, 15) is 16.8 Å². The van der Waals surface area contributed by atoms with Crippen molar-refractivity contribution in [2.75, 3.05) is 26.4 Å².